The highest BCUT2D eigenvalue weighted by atomic mass is 16.4. The van der Waals surface area contributed by atoms with E-state index in [0.717, 1.165) is 42.1 Å². The molecular formula is C26H36N4O4. The monoisotopic (exact) mass is 468 g/mol. The van der Waals surface area contributed by atoms with Gasteiger partial charge in [-0.2, -0.15) is 0 Å². The molecular weight excluding hydrogens is 432 g/mol. The summed E-state index contributed by atoms with van der Waals surface area (Å²) in [4.78, 5) is 42.7. The van der Waals surface area contributed by atoms with Crippen LogP contribution < -0.4 is 11.1 Å². The molecule has 2 amide bonds. The molecule has 1 aromatic heterocycles. The SMILES string of the molecule is N[C@@H](CCc1c[nH]c2ccccc12)C(=O)N[C@@H](CC1CCCCC1)C(=O)N1CCC[C@H]1C(=O)O. The third kappa shape index (κ3) is 5.60. The van der Waals surface area contributed by atoms with Crippen molar-refractivity contribution in [3.63, 3.8) is 0 Å². The summed E-state index contributed by atoms with van der Waals surface area (Å²) in [6.07, 6.45) is 10.2. The van der Waals surface area contributed by atoms with Gasteiger partial charge in [-0.3, -0.25) is 9.59 Å². The molecule has 2 aliphatic rings. The zero-order valence-electron chi connectivity index (χ0n) is 19.7. The first kappa shape index (κ1) is 24.3. The maximum Gasteiger partial charge on any atom is 0.326 e. The van der Waals surface area contributed by atoms with E-state index in [-0.39, 0.29) is 11.8 Å². The zero-order chi connectivity index (χ0) is 24.1. The second-order valence-corrected chi connectivity index (χ2v) is 9.83. The third-order valence-electron chi connectivity index (χ3n) is 7.47. The molecule has 34 heavy (non-hydrogen) atoms. The van der Waals surface area contributed by atoms with Crippen LogP contribution in [0.4, 0.5) is 0 Å². The Morgan fingerprint density at radius 2 is 1.88 bits per heavy atom. The summed E-state index contributed by atoms with van der Waals surface area (Å²) < 4.78 is 0. The van der Waals surface area contributed by atoms with Gasteiger partial charge in [0.15, 0.2) is 0 Å². The molecule has 0 radical (unpaired) electrons. The first-order valence-electron chi connectivity index (χ1n) is 12.6. The van der Waals surface area contributed by atoms with Crippen LogP contribution in [-0.4, -0.2) is 57.4 Å². The fraction of sp³-hybridized carbons (Fsp3) is 0.577. The van der Waals surface area contributed by atoms with Gasteiger partial charge in [-0.05, 0) is 49.7 Å². The van der Waals surface area contributed by atoms with E-state index in [4.69, 9.17) is 5.73 Å². The number of carbonyl (C=O) groups is 3. The van der Waals surface area contributed by atoms with Crippen molar-refractivity contribution in [1.29, 1.82) is 0 Å². The van der Waals surface area contributed by atoms with E-state index in [1.54, 1.807) is 0 Å². The van der Waals surface area contributed by atoms with Crippen molar-refractivity contribution in [2.45, 2.75) is 82.3 Å². The molecule has 8 heteroatoms. The van der Waals surface area contributed by atoms with Gasteiger partial charge in [0.1, 0.15) is 12.1 Å². The van der Waals surface area contributed by atoms with E-state index < -0.39 is 24.1 Å². The molecule has 1 aliphatic heterocycles. The Kier molecular flexibility index (Phi) is 7.88. The lowest BCUT2D eigenvalue weighted by atomic mass is 9.84. The Morgan fingerprint density at radius 1 is 1.12 bits per heavy atom. The van der Waals surface area contributed by atoms with E-state index in [1.807, 2.05) is 30.5 Å². The third-order valence-corrected chi connectivity index (χ3v) is 7.47. The number of likely N-dealkylation sites (tertiary alicyclic amines) is 1. The van der Waals surface area contributed by atoms with Gasteiger partial charge in [-0.15, -0.1) is 0 Å². The number of H-pyrrole nitrogens is 1. The lowest BCUT2D eigenvalue weighted by Crippen LogP contribution is -2.55. The Bertz CT molecular complexity index is 1010. The number of nitrogens with two attached hydrogens (primary N) is 1. The van der Waals surface area contributed by atoms with Gasteiger partial charge < -0.3 is 26.0 Å². The normalized spacial score (nSPS) is 20.9. The van der Waals surface area contributed by atoms with Crippen LogP contribution in [0.25, 0.3) is 10.9 Å². The number of fused-ring (bicyclic) bond motifs is 1. The highest BCUT2D eigenvalue weighted by molar-refractivity contribution is 5.92. The van der Waals surface area contributed by atoms with E-state index in [9.17, 15) is 19.5 Å². The van der Waals surface area contributed by atoms with Gasteiger partial charge in [0, 0.05) is 23.6 Å². The number of aromatic nitrogens is 1. The Hall–Kier alpha value is -2.87. The van der Waals surface area contributed by atoms with Gasteiger partial charge in [-0.1, -0.05) is 50.3 Å². The second-order valence-electron chi connectivity index (χ2n) is 9.83. The predicted molar refractivity (Wildman–Crippen MR) is 130 cm³/mol. The summed E-state index contributed by atoms with van der Waals surface area (Å²) in [5.41, 5.74) is 8.40. The summed E-state index contributed by atoms with van der Waals surface area (Å²) in [5.74, 6) is -1.26. The van der Waals surface area contributed by atoms with Crippen LogP contribution in [0, 0.1) is 5.92 Å². The Balaban J connectivity index is 1.41. The Labute approximate surface area is 200 Å². The molecule has 2 aromatic rings. The second kappa shape index (κ2) is 11.0. The smallest absolute Gasteiger partial charge is 0.326 e. The number of hydrogen-bond acceptors (Lipinski definition) is 4. The van der Waals surface area contributed by atoms with Gasteiger partial charge >= 0.3 is 5.97 Å². The van der Waals surface area contributed by atoms with Crippen LogP contribution in [0.2, 0.25) is 0 Å². The molecule has 5 N–H and O–H groups in total. The van der Waals surface area contributed by atoms with E-state index in [1.165, 1.54) is 11.3 Å². The van der Waals surface area contributed by atoms with Crippen LogP contribution in [0.1, 0.15) is 63.4 Å². The summed E-state index contributed by atoms with van der Waals surface area (Å²) >= 11 is 0. The number of carboxylic acids is 1. The first-order chi connectivity index (χ1) is 16.4. The number of nitrogens with zero attached hydrogens (tertiary/aromatic N) is 1. The number of carboxylic acid groups (broad SMARTS) is 1. The van der Waals surface area contributed by atoms with Gasteiger partial charge in [0.05, 0.1) is 6.04 Å². The molecule has 1 aliphatic carbocycles. The fourth-order valence-electron chi connectivity index (χ4n) is 5.52. The van der Waals surface area contributed by atoms with Crippen molar-refractivity contribution in [1.82, 2.24) is 15.2 Å². The largest absolute Gasteiger partial charge is 0.480 e. The molecule has 4 rings (SSSR count). The number of benzene rings is 1. The minimum Gasteiger partial charge on any atom is -0.480 e. The van der Waals surface area contributed by atoms with Crippen LogP contribution in [0.5, 0.6) is 0 Å². The van der Waals surface area contributed by atoms with Gasteiger partial charge in [0.2, 0.25) is 11.8 Å². The minimum absolute atomic E-state index is 0.285. The zero-order valence-corrected chi connectivity index (χ0v) is 19.7. The van der Waals surface area contributed by atoms with Crippen molar-refractivity contribution in [3.8, 4) is 0 Å². The number of nitrogens with one attached hydrogen (secondary N) is 2. The van der Waals surface area contributed by atoms with Crippen molar-refractivity contribution in [2.75, 3.05) is 6.54 Å². The maximum atomic E-state index is 13.4. The van der Waals surface area contributed by atoms with E-state index in [2.05, 4.69) is 10.3 Å². The maximum absolute atomic E-state index is 13.4. The lowest BCUT2D eigenvalue weighted by molar-refractivity contribution is -0.149. The van der Waals surface area contributed by atoms with Crippen LogP contribution in [0.15, 0.2) is 30.5 Å². The fourth-order valence-corrected chi connectivity index (χ4v) is 5.52. The number of rotatable bonds is 9. The molecule has 1 saturated carbocycles. The number of para-hydroxylation sites is 1. The number of carbonyl (C=O) groups excluding carboxylic acids is 2. The van der Waals surface area contributed by atoms with Crippen molar-refractivity contribution >= 4 is 28.7 Å². The molecule has 8 nitrogen and oxygen atoms in total. The average Bonchev–Trinajstić information content (AvgIpc) is 3.50. The minimum atomic E-state index is -0.982. The van der Waals surface area contributed by atoms with Crippen molar-refractivity contribution in [2.24, 2.45) is 11.7 Å². The molecule has 1 aromatic carbocycles. The Morgan fingerprint density at radius 3 is 2.65 bits per heavy atom. The standard InChI is InChI=1S/C26H36N4O4/c27-20(13-12-18-16-28-21-10-5-4-9-19(18)21)24(31)29-22(15-17-7-2-1-3-8-17)25(32)30-14-6-11-23(30)26(33)34/h4-5,9-10,16-17,20,22-23,28H,1-3,6-8,11-15,27H2,(H,29,31)(H,33,34)/t20-,22-,23-/m0/s1. The quantitative estimate of drug-likeness (QED) is 0.450. The summed E-state index contributed by atoms with van der Waals surface area (Å²) in [5, 5.41) is 13.6. The lowest BCUT2D eigenvalue weighted by Gasteiger charge is -2.31. The molecule has 0 bridgehead atoms. The molecule has 184 valence electrons. The van der Waals surface area contributed by atoms with Gasteiger partial charge in [-0.25, -0.2) is 4.79 Å². The van der Waals surface area contributed by atoms with E-state index in [0.29, 0.717) is 44.6 Å². The van der Waals surface area contributed by atoms with Crippen molar-refractivity contribution < 1.29 is 19.5 Å². The highest BCUT2D eigenvalue weighted by Crippen LogP contribution is 2.29. The van der Waals surface area contributed by atoms with Crippen LogP contribution in [0.3, 0.4) is 0 Å². The molecule has 0 spiro atoms. The molecule has 3 atom stereocenters. The summed E-state index contributed by atoms with van der Waals surface area (Å²) in [7, 11) is 0. The number of aryl methyl sites for hydroxylation is 1. The molecule has 2 heterocycles. The van der Waals surface area contributed by atoms with Crippen LogP contribution >= 0.6 is 0 Å². The average molecular weight is 469 g/mol. The first-order valence-corrected chi connectivity index (χ1v) is 12.6. The molecule has 2 fully saturated rings. The van der Waals surface area contributed by atoms with Crippen LogP contribution in [-0.2, 0) is 20.8 Å². The van der Waals surface area contributed by atoms with E-state index >= 15 is 0 Å². The number of hydrogen-bond donors (Lipinski definition) is 4. The number of aliphatic carboxylic acids is 1. The summed E-state index contributed by atoms with van der Waals surface area (Å²) in [6.45, 7) is 0.416. The number of aromatic amines is 1. The number of amides is 2. The van der Waals surface area contributed by atoms with Gasteiger partial charge in [0.25, 0.3) is 0 Å². The highest BCUT2D eigenvalue weighted by Gasteiger charge is 2.38. The molecule has 1 saturated heterocycles. The molecule has 0 unspecified atom stereocenters. The summed E-state index contributed by atoms with van der Waals surface area (Å²) in [6, 6.07) is 5.72. The van der Waals surface area contributed by atoms with Crippen molar-refractivity contribution in [3.05, 3.63) is 36.0 Å². The predicted octanol–water partition coefficient (Wildman–Crippen LogP) is 2.96. The topological polar surface area (TPSA) is 129 Å².